The second kappa shape index (κ2) is 8.16. The molecule has 0 saturated carbocycles. The molecular formula is C21H23ClN4O2S. The van der Waals surface area contributed by atoms with E-state index in [0.29, 0.717) is 32.7 Å². The number of H-pyrrole nitrogens is 1. The Morgan fingerprint density at radius 3 is 2.66 bits per heavy atom. The maximum absolute atomic E-state index is 13.1. The van der Waals surface area contributed by atoms with E-state index >= 15 is 0 Å². The summed E-state index contributed by atoms with van der Waals surface area (Å²) in [6.07, 6.45) is 3.69. The van der Waals surface area contributed by atoms with Crippen LogP contribution < -0.4 is 5.56 Å². The fourth-order valence-corrected chi connectivity index (χ4v) is 4.87. The number of nitrogens with zero attached hydrogens (tertiary/aromatic N) is 3. The van der Waals surface area contributed by atoms with Gasteiger partial charge in [-0.15, -0.1) is 0 Å². The Balaban J connectivity index is 1.65. The highest BCUT2D eigenvalue weighted by Gasteiger charge is 2.24. The quantitative estimate of drug-likeness (QED) is 0.677. The van der Waals surface area contributed by atoms with Crippen molar-refractivity contribution >= 4 is 28.8 Å². The minimum atomic E-state index is -0.159. The fourth-order valence-electron chi connectivity index (χ4n) is 3.67. The molecule has 1 N–H and O–H groups in total. The maximum atomic E-state index is 13.1. The molecule has 0 bridgehead atoms. The van der Waals surface area contributed by atoms with E-state index in [1.807, 2.05) is 43.0 Å². The summed E-state index contributed by atoms with van der Waals surface area (Å²) in [5, 5.41) is 4.24. The molecule has 1 amide bonds. The lowest BCUT2D eigenvalue weighted by Gasteiger charge is -2.26. The lowest BCUT2D eigenvalue weighted by atomic mass is 10.1. The molecule has 1 aliphatic heterocycles. The van der Waals surface area contributed by atoms with Crippen molar-refractivity contribution in [2.24, 2.45) is 0 Å². The smallest absolute Gasteiger partial charge is 0.277 e. The first-order valence-electron chi connectivity index (χ1n) is 9.76. The van der Waals surface area contributed by atoms with Crippen LogP contribution in [0.1, 0.15) is 51.4 Å². The number of aromatic amines is 1. The highest BCUT2D eigenvalue weighted by molar-refractivity contribution is 7.16. The van der Waals surface area contributed by atoms with Crippen molar-refractivity contribution in [2.75, 3.05) is 13.1 Å². The van der Waals surface area contributed by atoms with Gasteiger partial charge in [-0.05, 0) is 44.7 Å². The summed E-state index contributed by atoms with van der Waals surface area (Å²) in [5.41, 5.74) is 2.82. The van der Waals surface area contributed by atoms with Crippen molar-refractivity contribution in [3.05, 3.63) is 67.0 Å². The van der Waals surface area contributed by atoms with Crippen LogP contribution in [0.2, 0.25) is 5.02 Å². The Bertz CT molecular complexity index is 1110. The largest absolute Gasteiger partial charge is 0.338 e. The Morgan fingerprint density at radius 1 is 1.21 bits per heavy atom. The zero-order chi connectivity index (χ0) is 20.5. The first-order valence-corrected chi connectivity index (χ1v) is 11.0. The summed E-state index contributed by atoms with van der Waals surface area (Å²) in [6, 6.07) is 7.51. The monoisotopic (exact) mass is 430 g/mol. The molecule has 0 aliphatic carbocycles. The number of thiazole rings is 1. The number of aromatic nitrogens is 3. The van der Waals surface area contributed by atoms with Gasteiger partial charge in [0.05, 0.1) is 5.69 Å². The van der Waals surface area contributed by atoms with Gasteiger partial charge in [0.25, 0.3) is 11.5 Å². The number of hydrogen-bond acceptors (Lipinski definition) is 4. The molecule has 3 aromatic rings. The van der Waals surface area contributed by atoms with Crippen LogP contribution in [0.5, 0.6) is 0 Å². The number of carbonyl (C=O) groups excluding carboxylic acids is 1. The van der Waals surface area contributed by atoms with Crippen LogP contribution in [-0.4, -0.2) is 38.7 Å². The number of likely N-dealkylation sites (tertiary alicyclic amines) is 1. The molecule has 1 aromatic carbocycles. The van der Waals surface area contributed by atoms with E-state index < -0.39 is 0 Å². The summed E-state index contributed by atoms with van der Waals surface area (Å²) in [4.78, 5) is 32.9. The fraction of sp³-hybridized carbons (Fsp3) is 0.381. The van der Waals surface area contributed by atoms with Crippen molar-refractivity contribution < 1.29 is 4.79 Å². The number of hydrogen-bond donors (Lipinski definition) is 1. The molecule has 8 heteroatoms. The number of benzene rings is 1. The number of nitrogens with one attached hydrogen (secondary N) is 1. The summed E-state index contributed by atoms with van der Waals surface area (Å²) in [5.74, 6) is 0.0126. The standard InChI is InChI=1S/C21H23ClN4O2S/c1-13-16(12-15-8-4-5-9-17(15)22)19(27)26(24-13)21-23-14(2)18(29-21)20(28)25-10-6-3-7-11-25/h4-5,8-9,24H,3,6-7,10-12H2,1-2H3. The van der Waals surface area contributed by atoms with Crippen molar-refractivity contribution in [1.29, 1.82) is 0 Å². The number of amides is 1. The second-order valence-electron chi connectivity index (χ2n) is 7.39. The van der Waals surface area contributed by atoms with Crippen LogP contribution in [-0.2, 0) is 6.42 Å². The zero-order valence-corrected chi connectivity index (χ0v) is 18.1. The van der Waals surface area contributed by atoms with Crippen molar-refractivity contribution in [3.8, 4) is 5.13 Å². The summed E-state index contributed by atoms with van der Waals surface area (Å²) in [7, 11) is 0. The number of halogens is 1. The highest BCUT2D eigenvalue weighted by Crippen LogP contribution is 2.25. The Kier molecular flexibility index (Phi) is 5.61. The van der Waals surface area contributed by atoms with Gasteiger partial charge in [-0.2, -0.15) is 4.68 Å². The van der Waals surface area contributed by atoms with E-state index in [9.17, 15) is 9.59 Å². The summed E-state index contributed by atoms with van der Waals surface area (Å²) in [6.45, 7) is 5.26. The van der Waals surface area contributed by atoms with E-state index in [1.165, 1.54) is 22.4 Å². The van der Waals surface area contributed by atoms with Gasteiger partial charge < -0.3 is 4.90 Å². The molecule has 4 rings (SSSR count). The Labute approximate surface area is 178 Å². The van der Waals surface area contributed by atoms with E-state index in [0.717, 1.165) is 37.2 Å². The third-order valence-electron chi connectivity index (χ3n) is 5.33. The summed E-state index contributed by atoms with van der Waals surface area (Å²) >= 11 is 7.53. The average Bonchev–Trinajstić information content (AvgIpc) is 3.24. The zero-order valence-electron chi connectivity index (χ0n) is 16.5. The van der Waals surface area contributed by atoms with Gasteiger partial charge in [0, 0.05) is 35.8 Å². The van der Waals surface area contributed by atoms with Crippen LogP contribution in [0.15, 0.2) is 29.1 Å². The SMILES string of the molecule is Cc1nc(-n2[nH]c(C)c(Cc3ccccc3Cl)c2=O)sc1C(=O)N1CCCCC1. The molecule has 3 heterocycles. The lowest BCUT2D eigenvalue weighted by molar-refractivity contribution is 0.0728. The van der Waals surface area contributed by atoms with Crippen LogP contribution in [0.3, 0.4) is 0 Å². The van der Waals surface area contributed by atoms with Gasteiger partial charge in [0.1, 0.15) is 4.88 Å². The minimum Gasteiger partial charge on any atom is -0.338 e. The normalized spacial score (nSPS) is 14.4. The third-order valence-corrected chi connectivity index (χ3v) is 6.83. The first kappa shape index (κ1) is 19.9. The lowest BCUT2D eigenvalue weighted by Crippen LogP contribution is -2.35. The molecule has 6 nitrogen and oxygen atoms in total. The molecule has 0 radical (unpaired) electrons. The van der Waals surface area contributed by atoms with Crippen LogP contribution in [0.25, 0.3) is 5.13 Å². The molecule has 0 unspecified atom stereocenters. The Morgan fingerprint density at radius 2 is 1.93 bits per heavy atom. The molecule has 1 saturated heterocycles. The third kappa shape index (κ3) is 3.89. The van der Waals surface area contributed by atoms with E-state index in [2.05, 4.69) is 10.1 Å². The molecule has 1 fully saturated rings. The minimum absolute atomic E-state index is 0.0126. The van der Waals surface area contributed by atoms with E-state index in [4.69, 9.17) is 11.6 Å². The number of aryl methyl sites for hydroxylation is 2. The van der Waals surface area contributed by atoms with Gasteiger partial charge in [-0.25, -0.2) is 4.98 Å². The average molecular weight is 431 g/mol. The van der Waals surface area contributed by atoms with Crippen molar-refractivity contribution in [3.63, 3.8) is 0 Å². The van der Waals surface area contributed by atoms with Gasteiger partial charge in [-0.3, -0.25) is 14.7 Å². The number of piperidine rings is 1. The van der Waals surface area contributed by atoms with E-state index in [-0.39, 0.29) is 11.5 Å². The molecular weight excluding hydrogens is 408 g/mol. The molecule has 2 aromatic heterocycles. The van der Waals surface area contributed by atoms with Crippen LogP contribution in [0.4, 0.5) is 0 Å². The molecule has 152 valence electrons. The van der Waals surface area contributed by atoms with Crippen molar-refractivity contribution in [2.45, 2.75) is 39.5 Å². The van der Waals surface area contributed by atoms with Gasteiger partial charge in [-0.1, -0.05) is 41.1 Å². The molecule has 0 atom stereocenters. The molecule has 0 spiro atoms. The Hall–Kier alpha value is -2.38. The topological polar surface area (TPSA) is 71.0 Å². The molecule has 29 heavy (non-hydrogen) atoms. The number of rotatable bonds is 4. The first-order chi connectivity index (χ1) is 14.0. The van der Waals surface area contributed by atoms with Gasteiger partial charge >= 0.3 is 0 Å². The van der Waals surface area contributed by atoms with Gasteiger partial charge in [0.15, 0.2) is 0 Å². The predicted molar refractivity (Wildman–Crippen MR) is 116 cm³/mol. The number of carbonyl (C=O) groups is 1. The predicted octanol–water partition coefficient (Wildman–Crippen LogP) is 4.11. The van der Waals surface area contributed by atoms with Gasteiger partial charge in [0.2, 0.25) is 5.13 Å². The maximum Gasteiger partial charge on any atom is 0.277 e. The second-order valence-corrected chi connectivity index (χ2v) is 8.77. The van der Waals surface area contributed by atoms with E-state index in [1.54, 1.807) is 0 Å². The van der Waals surface area contributed by atoms with Crippen molar-refractivity contribution in [1.82, 2.24) is 19.7 Å². The summed E-state index contributed by atoms with van der Waals surface area (Å²) < 4.78 is 1.44. The van der Waals surface area contributed by atoms with Crippen LogP contribution >= 0.6 is 22.9 Å². The highest BCUT2D eigenvalue weighted by atomic mass is 35.5. The molecule has 1 aliphatic rings. The van der Waals surface area contributed by atoms with Crippen LogP contribution in [0, 0.1) is 13.8 Å².